The monoisotopic (exact) mass is 415 g/mol. The van der Waals surface area contributed by atoms with Crippen LogP contribution < -0.4 is 24.8 Å². The molecule has 0 aromatic heterocycles. The van der Waals surface area contributed by atoms with E-state index in [1.54, 1.807) is 33.5 Å². The van der Waals surface area contributed by atoms with Crippen LogP contribution in [-0.4, -0.2) is 65.4 Å². The molecule has 1 aliphatic rings. The molecule has 7 nitrogen and oxygen atoms in total. The molecule has 0 saturated carbocycles. The van der Waals surface area contributed by atoms with Gasteiger partial charge in [-0.1, -0.05) is 0 Å². The molecule has 1 amide bonds. The van der Waals surface area contributed by atoms with E-state index in [-0.39, 0.29) is 18.3 Å². The quantitative estimate of drug-likeness (QED) is 0.612. The number of rotatable bonds is 10. The van der Waals surface area contributed by atoms with Crippen molar-refractivity contribution in [3.63, 3.8) is 0 Å². The number of likely N-dealkylation sites (tertiary alicyclic amines) is 1. The Morgan fingerprint density at radius 3 is 2.21 bits per heavy atom. The van der Waals surface area contributed by atoms with Crippen LogP contribution in [-0.2, 0) is 4.79 Å². The van der Waals surface area contributed by atoms with Crippen LogP contribution in [0.2, 0.25) is 0 Å². The van der Waals surface area contributed by atoms with Gasteiger partial charge in [0.2, 0.25) is 11.7 Å². The fourth-order valence-corrected chi connectivity index (χ4v) is 3.48. The van der Waals surface area contributed by atoms with Crippen molar-refractivity contribution in [3.05, 3.63) is 12.1 Å². The second-order valence-corrected chi connectivity index (χ2v) is 6.89. The number of ether oxygens (including phenoxy) is 3. The number of halogens is 1. The molecule has 0 spiro atoms. The number of amides is 1. The number of carbonyl (C=O) groups is 1. The summed E-state index contributed by atoms with van der Waals surface area (Å²) in [6, 6.07) is 3.49. The molecule has 0 bridgehead atoms. The molecule has 1 fully saturated rings. The summed E-state index contributed by atoms with van der Waals surface area (Å²) in [5.74, 6) is 2.36. The van der Waals surface area contributed by atoms with Gasteiger partial charge < -0.3 is 29.7 Å². The van der Waals surface area contributed by atoms with Crippen LogP contribution in [0.4, 0.5) is 5.69 Å². The number of nitrogens with one attached hydrogen (secondary N) is 2. The highest BCUT2D eigenvalue weighted by Crippen LogP contribution is 2.39. The van der Waals surface area contributed by atoms with Crippen molar-refractivity contribution < 1.29 is 19.0 Å². The number of piperidine rings is 1. The molecule has 1 heterocycles. The third kappa shape index (κ3) is 7.04. The summed E-state index contributed by atoms with van der Waals surface area (Å²) in [5, 5.41) is 6.15. The first kappa shape index (κ1) is 24.3. The van der Waals surface area contributed by atoms with Crippen LogP contribution in [0, 0.1) is 5.92 Å². The van der Waals surface area contributed by atoms with Crippen molar-refractivity contribution in [3.8, 4) is 17.2 Å². The number of methoxy groups -OCH3 is 3. The summed E-state index contributed by atoms with van der Waals surface area (Å²) in [6.45, 7) is 4.02. The lowest BCUT2D eigenvalue weighted by Crippen LogP contribution is -2.36. The Hall–Kier alpha value is -1.70. The lowest BCUT2D eigenvalue weighted by molar-refractivity contribution is -0.116. The maximum absolute atomic E-state index is 12.4. The maximum Gasteiger partial charge on any atom is 0.225 e. The third-order valence-electron chi connectivity index (χ3n) is 5.11. The van der Waals surface area contributed by atoms with Crippen LogP contribution in [0.15, 0.2) is 12.1 Å². The average molecular weight is 416 g/mol. The van der Waals surface area contributed by atoms with Gasteiger partial charge in [0.25, 0.3) is 0 Å². The normalized spacial score (nSPS) is 14.9. The van der Waals surface area contributed by atoms with Crippen LogP contribution >= 0.6 is 12.4 Å². The first-order valence-corrected chi connectivity index (χ1v) is 9.58. The minimum atomic E-state index is -0.0124. The number of hydrogen-bond donors (Lipinski definition) is 2. The highest BCUT2D eigenvalue weighted by atomic mass is 35.5. The van der Waals surface area contributed by atoms with E-state index in [1.807, 2.05) is 7.05 Å². The Bertz CT molecular complexity index is 582. The van der Waals surface area contributed by atoms with Crippen molar-refractivity contribution in [2.24, 2.45) is 5.92 Å². The molecule has 1 aromatic carbocycles. The van der Waals surface area contributed by atoms with Crippen molar-refractivity contribution in [2.45, 2.75) is 25.7 Å². The molecule has 1 aromatic rings. The first-order valence-electron chi connectivity index (χ1n) is 9.58. The summed E-state index contributed by atoms with van der Waals surface area (Å²) >= 11 is 0. The molecule has 160 valence electrons. The predicted octanol–water partition coefficient (Wildman–Crippen LogP) is 2.78. The van der Waals surface area contributed by atoms with Gasteiger partial charge in [0.05, 0.1) is 21.3 Å². The Labute approximate surface area is 174 Å². The standard InChI is InChI=1S/C20H33N3O4.ClH/c1-21-9-5-15-6-10-23(11-7-15)12-8-19(24)22-16-13-17(25-2)20(27-4)18(14-16)26-3;/h13-15,21H,5-12H2,1-4H3,(H,22,24);1H. The summed E-state index contributed by atoms with van der Waals surface area (Å²) in [5.41, 5.74) is 0.639. The van der Waals surface area contributed by atoms with Gasteiger partial charge in [-0.25, -0.2) is 0 Å². The van der Waals surface area contributed by atoms with Gasteiger partial charge in [-0.15, -0.1) is 12.4 Å². The van der Waals surface area contributed by atoms with Gasteiger partial charge >= 0.3 is 0 Å². The molecule has 2 rings (SSSR count). The number of benzene rings is 1. The topological polar surface area (TPSA) is 72.1 Å². The summed E-state index contributed by atoms with van der Waals surface area (Å²) in [6.07, 6.45) is 4.15. The Morgan fingerprint density at radius 1 is 1.11 bits per heavy atom. The number of hydrogen-bond acceptors (Lipinski definition) is 6. The molecule has 8 heteroatoms. The minimum absolute atomic E-state index is 0. The van der Waals surface area contributed by atoms with Crippen LogP contribution in [0.3, 0.4) is 0 Å². The van der Waals surface area contributed by atoms with Gasteiger partial charge in [-0.3, -0.25) is 4.79 Å². The third-order valence-corrected chi connectivity index (χ3v) is 5.11. The smallest absolute Gasteiger partial charge is 0.225 e. The van der Waals surface area contributed by atoms with E-state index in [4.69, 9.17) is 14.2 Å². The SMILES string of the molecule is CNCCC1CCN(CCC(=O)Nc2cc(OC)c(OC)c(OC)c2)CC1.Cl. The molecule has 1 aliphatic heterocycles. The van der Waals surface area contributed by atoms with Crippen LogP contribution in [0.5, 0.6) is 17.2 Å². The second kappa shape index (κ2) is 12.7. The van der Waals surface area contributed by atoms with Crippen LogP contribution in [0.25, 0.3) is 0 Å². The lowest BCUT2D eigenvalue weighted by Gasteiger charge is -2.31. The lowest BCUT2D eigenvalue weighted by atomic mass is 9.93. The summed E-state index contributed by atoms with van der Waals surface area (Å²) in [7, 11) is 6.68. The minimum Gasteiger partial charge on any atom is -0.493 e. The molecular weight excluding hydrogens is 382 g/mol. The highest BCUT2D eigenvalue weighted by molar-refractivity contribution is 5.91. The summed E-state index contributed by atoms with van der Waals surface area (Å²) in [4.78, 5) is 14.7. The maximum atomic E-state index is 12.4. The highest BCUT2D eigenvalue weighted by Gasteiger charge is 2.19. The average Bonchev–Trinajstić information content (AvgIpc) is 2.70. The molecular formula is C20H34ClN3O4. The van der Waals surface area contributed by atoms with E-state index in [0.29, 0.717) is 29.4 Å². The van der Waals surface area contributed by atoms with E-state index in [1.165, 1.54) is 19.3 Å². The molecule has 0 aliphatic carbocycles. The van der Waals surface area contributed by atoms with Gasteiger partial charge in [0.1, 0.15) is 0 Å². The van der Waals surface area contributed by atoms with Crippen molar-refractivity contribution >= 4 is 24.0 Å². The number of nitrogens with zero attached hydrogens (tertiary/aromatic N) is 1. The van der Waals surface area contributed by atoms with E-state index in [2.05, 4.69) is 15.5 Å². The van der Waals surface area contributed by atoms with E-state index in [9.17, 15) is 4.79 Å². The van der Waals surface area contributed by atoms with E-state index >= 15 is 0 Å². The molecule has 0 unspecified atom stereocenters. The number of anilines is 1. The largest absolute Gasteiger partial charge is 0.493 e. The molecule has 28 heavy (non-hydrogen) atoms. The fraction of sp³-hybridized carbons (Fsp3) is 0.650. The molecule has 0 atom stereocenters. The zero-order chi connectivity index (χ0) is 19.6. The fourth-order valence-electron chi connectivity index (χ4n) is 3.48. The van der Waals surface area contributed by atoms with Crippen molar-refractivity contribution in [1.29, 1.82) is 0 Å². The van der Waals surface area contributed by atoms with Crippen molar-refractivity contribution in [2.75, 3.05) is 59.9 Å². The summed E-state index contributed by atoms with van der Waals surface area (Å²) < 4.78 is 16.0. The molecule has 2 N–H and O–H groups in total. The van der Waals surface area contributed by atoms with E-state index in [0.717, 1.165) is 32.1 Å². The van der Waals surface area contributed by atoms with Gasteiger partial charge in [-0.05, 0) is 51.9 Å². The van der Waals surface area contributed by atoms with Crippen molar-refractivity contribution in [1.82, 2.24) is 10.2 Å². The first-order chi connectivity index (χ1) is 13.1. The predicted molar refractivity (Wildman–Crippen MR) is 114 cm³/mol. The van der Waals surface area contributed by atoms with E-state index < -0.39 is 0 Å². The molecule has 0 radical (unpaired) electrons. The zero-order valence-corrected chi connectivity index (χ0v) is 18.2. The zero-order valence-electron chi connectivity index (χ0n) is 17.4. The Balaban J connectivity index is 0.00000392. The van der Waals surface area contributed by atoms with Crippen LogP contribution in [0.1, 0.15) is 25.7 Å². The Morgan fingerprint density at radius 2 is 1.71 bits per heavy atom. The second-order valence-electron chi connectivity index (χ2n) is 6.89. The van der Waals surface area contributed by atoms with Gasteiger partial charge in [0, 0.05) is 30.8 Å². The van der Waals surface area contributed by atoms with Gasteiger partial charge in [-0.2, -0.15) is 0 Å². The Kier molecular flexibility index (Phi) is 11.0. The van der Waals surface area contributed by atoms with Gasteiger partial charge in [0.15, 0.2) is 11.5 Å². The molecule has 1 saturated heterocycles. The number of carbonyl (C=O) groups excluding carboxylic acids is 1.